The molecule has 0 radical (unpaired) electrons. The Bertz CT molecular complexity index is 738. The monoisotopic (exact) mass is 323 g/mol. The largest absolute Gasteiger partial charge is 0.490 e. The number of hydrogen-bond acceptors (Lipinski definition) is 3. The molecule has 2 aromatic carbocycles. The Labute approximate surface area is 141 Å². The number of hydrogen-bond donors (Lipinski definition) is 1. The van der Waals surface area contributed by atoms with Crippen LogP contribution < -0.4 is 14.8 Å². The smallest absolute Gasteiger partial charge is 0.235 e. The standard InChI is InChI=1S/C20H21NO3/c22-19(20(10-4-11-20)15-6-2-1-3-7-15)21-16-8-9-17-18(14-16)24-13-5-12-23-17/h1-3,6-9,14H,4-5,10-13H2,(H,21,22). The summed E-state index contributed by atoms with van der Waals surface area (Å²) in [5, 5.41) is 3.08. The Balaban J connectivity index is 1.56. The molecular weight excluding hydrogens is 302 g/mol. The van der Waals surface area contributed by atoms with Crippen molar-refractivity contribution in [1.29, 1.82) is 0 Å². The van der Waals surface area contributed by atoms with Crippen LogP contribution in [-0.2, 0) is 10.2 Å². The maximum absolute atomic E-state index is 13.0. The highest BCUT2D eigenvalue weighted by Crippen LogP contribution is 2.44. The molecule has 1 aliphatic heterocycles. The zero-order chi connectivity index (χ0) is 16.4. The van der Waals surface area contributed by atoms with Crippen LogP contribution in [0.3, 0.4) is 0 Å². The molecule has 0 aromatic heterocycles. The average Bonchev–Trinajstić information content (AvgIpc) is 2.80. The molecule has 1 heterocycles. The maximum atomic E-state index is 13.0. The van der Waals surface area contributed by atoms with Crippen molar-refractivity contribution in [3.63, 3.8) is 0 Å². The van der Waals surface area contributed by atoms with Gasteiger partial charge in [0.15, 0.2) is 11.5 Å². The fourth-order valence-corrected chi connectivity index (χ4v) is 3.43. The van der Waals surface area contributed by atoms with Crippen LogP contribution in [0.2, 0.25) is 0 Å². The quantitative estimate of drug-likeness (QED) is 0.931. The number of carbonyl (C=O) groups is 1. The Kier molecular flexibility index (Phi) is 3.89. The third-order valence-corrected chi connectivity index (χ3v) is 4.97. The number of benzene rings is 2. The van der Waals surface area contributed by atoms with Crippen molar-refractivity contribution in [2.24, 2.45) is 0 Å². The second kappa shape index (κ2) is 6.19. The van der Waals surface area contributed by atoms with Gasteiger partial charge in [-0.15, -0.1) is 0 Å². The van der Waals surface area contributed by atoms with Gasteiger partial charge < -0.3 is 14.8 Å². The molecule has 2 aromatic rings. The number of fused-ring (bicyclic) bond motifs is 1. The van der Waals surface area contributed by atoms with E-state index in [4.69, 9.17) is 9.47 Å². The summed E-state index contributed by atoms with van der Waals surface area (Å²) < 4.78 is 11.3. The Morgan fingerprint density at radius 1 is 0.917 bits per heavy atom. The van der Waals surface area contributed by atoms with E-state index in [2.05, 4.69) is 5.32 Å². The fraction of sp³-hybridized carbons (Fsp3) is 0.350. The van der Waals surface area contributed by atoms with E-state index < -0.39 is 5.41 Å². The van der Waals surface area contributed by atoms with Crippen LogP contribution in [0.1, 0.15) is 31.2 Å². The molecule has 4 heteroatoms. The first kappa shape index (κ1) is 15.1. The van der Waals surface area contributed by atoms with Gasteiger partial charge in [-0.2, -0.15) is 0 Å². The second-order valence-electron chi connectivity index (χ2n) is 6.47. The molecule has 1 fully saturated rings. The van der Waals surface area contributed by atoms with E-state index in [1.165, 1.54) is 0 Å². The minimum Gasteiger partial charge on any atom is -0.490 e. The molecule has 0 saturated heterocycles. The van der Waals surface area contributed by atoms with E-state index in [0.717, 1.165) is 42.7 Å². The Morgan fingerprint density at radius 2 is 1.67 bits per heavy atom. The molecule has 1 N–H and O–H groups in total. The normalized spacial score (nSPS) is 18.2. The van der Waals surface area contributed by atoms with Gasteiger partial charge in [0.1, 0.15) is 0 Å². The van der Waals surface area contributed by atoms with E-state index >= 15 is 0 Å². The number of amides is 1. The lowest BCUT2D eigenvalue weighted by Crippen LogP contribution is -2.45. The first-order valence-electron chi connectivity index (χ1n) is 8.55. The van der Waals surface area contributed by atoms with Crippen LogP contribution in [0.25, 0.3) is 0 Å². The number of nitrogens with one attached hydrogen (secondary N) is 1. The molecule has 4 nitrogen and oxygen atoms in total. The SMILES string of the molecule is O=C(Nc1ccc2c(c1)OCCCO2)C1(c2ccccc2)CCC1. The highest BCUT2D eigenvalue weighted by atomic mass is 16.5. The highest BCUT2D eigenvalue weighted by molar-refractivity contribution is 6.00. The number of rotatable bonds is 3. The lowest BCUT2D eigenvalue weighted by atomic mass is 9.64. The first-order valence-corrected chi connectivity index (χ1v) is 8.55. The fourth-order valence-electron chi connectivity index (χ4n) is 3.43. The van der Waals surface area contributed by atoms with Crippen molar-refractivity contribution in [2.75, 3.05) is 18.5 Å². The third-order valence-electron chi connectivity index (χ3n) is 4.97. The molecule has 0 atom stereocenters. The van der Waals surface area contributed by atoms with Gasteiger partial charge in [0.05, 0.1) is 18.6 Å². The molecule has 4 rings (SSSR count). The number of anilines is 1. The topological polar surface area (TPSA) is 47.6 Å². The van der Waals surface area contributed by atoms with Crippen molar-refractivity contribution < 1.29 is 14.3 Å². The van der Waals surface area contributed by atoms with E-state index in [-0.39, 0.29) is 5.91 Å². The summed E-state index contributed by atoms with van der Waals surface area (Å²) >= 11 is 0. The van der Waals surface area contributed by atoms with Crippen molar-refractivity contribution in [2.45, 2.75) is 31.1 Å². The maximum Gasteiger partial charge on any atom is 0.235 e. The van der Waals surface area contributed by atoms with Gasteiger partial charge in [0.25, 0.3) is 0 Å². The summed E-state index contributed by atoms with van der Waals surface area (Å²) in [6.07, 6.45) is 3.75. The van der Waals surface area contributed by atoms with Gasteiger partial charge >= 0.3 is 0 Å². The minimum atomic E-state index is -0.397. The van der Waals surface area contributed by atoms with Gasteiger partial charge in [0, 0.05) is 18.2 Å². The summed E-state index contributed by atoms with van der Waals surface area (Å²) in [7, 11) is 0. The number of ether oxygens (including phenoxy) is 2. The number of carbonyl (C=O) groups excluding carboxylic acids is 1. The van der Waals surface area contributed by atoms with Gasteiger partial charge in [-0.25, -0.2) is 0 Å². The molecule has 24 heavy (non-hydrogen) atoms. The predicted octanol–water partition coefficient (Wildman–Crippen LogP) is 3.91. The first-order chi connectivity index (χ1) is 11.8. The zero-order valence-corrected chi connectivity index (χ0v) is 13.6. The summed E-state index contributed by atoms with van der Waals surface area (Å²) in [4.78, 5) is 13.0. The average molecular weight is 323 g/mol. The van der Waals surface area contributed by atoms with Crippen LogP contribution in [0, 0.1) is 0 Å². The summed E-state index contributed by atoms with van der Waals surface area (Å²) in [5.74, 6) is 1.51. The molecule has 0 bridgehead atoms. The molecule has 0 unspecified atom stereocenters. The van der Waals surface area contributed by atoms with Crippen molar-refractivity contribution in [3.05, 3.63) is 54.1 Å². The van der Waals surface area contributed by atoms with Gasteiger partial charge in [-0.05, 0) is 30.5 Å². The lowest BCUT2D eigenvalue weighted by Gasteiger charge is -2.40. The second-order valence-corrected chi connectivity index (χ2v) is 6.47. The molecule has 124 valence electrons. The molecule has 1 aliphatic carbocycles. The van der Waals surface area contributed by atoms with Crippen LogP contribution in [-0.4, -0.2) is 19.1 Å². The summed E-state index contributed by atoms with van der Waals surface area (Å²) in [6.45, 7) is 1.30. The van der Waals surface area contributed by atoms with Crippen molar-refractivity contribution in [1.82, 2.24) is 0 Å². The van der Waals surface area contributed by atoms with Crippen molar-refractivity contribution >= 4 is 11.6 Å². The predicted molar refractivity (Wildman–Crippen MR) is 92.6 cm³/mol. The molecule has 1 saturated carbocycles. The van der Waals surface area contributed by atoms with Crippen LogP contribution >= 0.6 is 0 Å². The lowest BCUT2D eigenvalue weighted by molar-refractivity contribution is -0.124. The van der Waals surface area contributed by atoms with Gasteiger partial charge in [-0.3, -0.25) is 4.79 Å². The van der Waals surface area contributed by atoms with E-state index in [0.29, 0.717) is 19.0 Å². The highest BCUT2D eigenvalue weighted by Gasteiger charge is 2.45. The molecule has 2 aliphatic rings. The van der Waals surface area contributed by atoms with E-state index in [1.54, 1.807) is 0 Å². The molecular formula is C20H21NO3. The summed E-state index contributed by atoms with van der Waals surface area (Å²) in [5.41, 5.74) is 1.46. The van der Waals surface area contributed by atoms with Crippen LogP contribution in [0.15, 0.2) is 48.5 Å². The zero-order valence-electron chi connectivity index (χ0n) is 13.6. The van der Waals surface area contributed by atoms with Crippen LogP contribution in [0.4, 0.5) is 5.69 Å². The third kappa shape index (κ3) is 2.62. The van der Waals surface area contributed by atoms with E-state index in [1.807, 2.05) is 48.5 Å². The van der Waals surface area contributed by atoms with Gasteiger partial charge in [0.2, 0.25) is 5.91 Å². The minimum absolute atomic E-state index is 0.0643. The van der Waals surface area contributed by atoms with Crippen molar-refractivity contribution in [3.8, 4) is 11.5 Å². The molecule has 1 amide bonds. The Hall–Kier alpha value is -2.49. The van der Waals surface area contributed by atoms with Gasteiger partial charge in [-0.1, -0.05) is 36.8 Å². The summed E-state index contributed by atoms with van der Waals surface area (Å²) in [6, 6.07) is 15.7. The van der Waals surface area contributed by atoms with Crippen LogP contribution in [0.5, 0.6) is 11.5 Å². The Morgan fingerprint density at radius 3 is 2.38 bits per heavy atom. The molecule has 0 spiro atoms. The van der Waals surface area contributed by atoms with E-state index in [9.17, 15) is 4.79 Å².